The first kappa shape index (κ1) is 9.66. The predicted octanol–water partition coefficient (Wildman–Crippen LogP) is 1.70. The zero-order valence-corrected chi connectivity index (χ0v) is 7.86. The van der Waals surface area contributed by atoms with Crippen molar-refractivity contribution in [3.8, 4) is 18.1 Å². The zero-order valence-electron chi connectivity index (χ0n) is 7.86. The third-order valence-corrected chi connectivity index (χ3v) is 1.58. The van der Waals surface area contributed by atoms with Crippen LogP contribution < -0.4 is 4.74 Å². The molecule has 70 valence electrons. The monoisotopic (exact) mass is 178 g/mol. The van der Waals surface area contributed by atoms with Gasteiger partial charge in [0.05, 0.1) is 19.0 Å². The second-order valence-electron chi connectivity index (χ2n) is 2.74. The SMILES string of the molecule is C#CCCOc1cnn(CCC)c1. The summed E-state index contributed by atoms with van der Waals surface area (Å²) in [7, 11) is 0. The van der Waals surface area contributed by atoms with Crippen molar-refractivity contribution in [3.63, 3.8) is 0 Å². The highest BCUT2D eigenvalue weighted by molar-refractivity contribution is 5.11. The third kappa shape index (κ3) is 3.20. The first-order valence-electron chi connectivity index (χ1n) is 4.45. The normalized spacial score (nSPS) is 9.54. The maximum Gasteiger partial charge on any atom is 0.157 e. The zero-order chi connectivity index (χ0) is 9.52. The number of aryl methyl sites for hydroxylation is 1. The van der Waals surface area contributed by atoms with Crippen LogP contribution in [0.25, 0.3) is 0 Å². The fourth-order valence-corrected chi connectivity index (χ4v) is 0.998. The summed E-state index contributed by atoms with van der Waals surface area (Å²) in [5, 5.41) is 4.12. The Morgan fingerprint density at radius 2 is 2.54 bits per heavy atom. The largest absolute Gasteiger partial charge is 0.489 e. The van der Waals surface area contributed by atoms with E-state index in [1.54, 1.807) is 6.20 Å². The van der Waals surface area contributed by atoms with Gasteiger partial charge in [-0.3, -0.25) is 4.68 Å². The molecule has 0 amide bonds. The van der Waals surface area contributed by atoms with Crippen molar-refractivity contribution >= 4 is 0 Å². The summed E-state index contributed by atoms with van der Waals surface area (Å²) in [5.41, 5.74) is 0. The molecule has 0 aliphatic rings. The lowest BCUT2D eigenvalue weighted by molar-refractivity contribution is 0.326. The summed E-state index contributed by atoms with van der Waals surface area (Å²) >= 11 is 0. The number of terminal acetylenes is 1. The van der Waals surface area contributed by atoms with Crippen molar-refractivity contribution in [1.29, 1.82) is 0 Å². The van der Waals surface area contributed by atoms with Gasteiger partial charge in [0, 0.05) is 13.0 Å². The standard InChI is InChI=1S/C10H14N2O/c1-3-5-7-13-10-8-11-12(9-10)6-4-2/h1,8-9H,4-7H2,2H3. The van der Waals surface area contributed by atoms with Crippen molar-refractivity contribution in [2.24, 2.45) is 0 Å². The van der Waals surface area contributed by atoms with Crippen LogP contribution >= 0.6 is 0 Å². The Bertz CT molecular complexity index is 285. The number of ether oxygens (including phenoxy) is 1. The maximum atomic E-state index is 5.35. The van der Waals surface area contributed by atoms with E-state index in [9.17, 15) is 0 Å². The Kier molecular flexibility index (Phi) is 3.90. The number of rotatable bonds is 5. The molecule has 1 aromatic rings. The van der Waals surface area contributed by atoms with Gasteiger partial charge in [-0.15, -0.1) is 12.3 Å². The van der Waals surface area contributed by atoms with E-state index in [4.69, 9.17) is 11.2 Å². The predicted molar refractivity (Wildman–Crippen MR) is 51.5 cm³/mol. The van der Waals surface area contributed by atoms with Gasteiger partial charge >= 0.3 is 0 Å². The minimum absolute atomic E-state index is 0.564. The minimum atomic E-state index is 0.564. The minimum Gasteiger partial charge on any atom is -0.489 e. The summed E-state index contributed by atoms with van der Waals surface area (Å²) < 4.78 is 7.21. The Morgan fingerprint density at radius 3 is 3.23 bits per heavy atom. The van der Waals surface area contributed by atoms with Crippen LogP contribution in [0.3, 0.4) is 0 Å². The Labute approximate surface area is 78.7 Å². The molecule has 0 atom stereocenters. The molecule has 3 nitrogen and oxygen atoms in total. The summed E-state index contributed by atoms with van der Waals surface area (Å²) in [5.74, 6) is 3.31. The molecule has 0 aliphatic carbocycles. The molecular formula is C10H14N2O. The van der Waals surface area contributed by atoms with Gasteiger partial charge in [-0.2, -0.15) is 5.10 Å². The molecule has 0 saturated carbocycles. The topological polar surface area (TPSA) is 27.1 Å². The van der Waals surface area contributed by atoms with Gasteiger partial charge in [-0.1, -0.05) is 6.92 Å². The van der Waals surface area contributed by atoms with E-state index >= 15 is 0 Å². The molecule has 0 bridgehead atoms. The van der Waals surface area contributed by atoms with E-state index in [1.807, 2.05) is 10.9 Å². The molecule has 0 saturated heterocycles. The van der Waals surface area contributed by atoms with Gasteiger partial charge < -0.3 is 4.74 Å². The Balaban J connectivity index is 2.36. The smallest absolute Gasteiger partial charge is 0.157 e. The average molecular weight is 178 g/mol. The van der Waals surface area contributed by atoms with Crippen LogP contribution in [0.2, 0.25) is 0 Å². The fourth-order valence-electron chi connectivity index (χ4n) is 0.998. The van der Waals surface area contributed by atoms with Crippen LogP contribution in [0.5, 0.6) is 5.75 Å². The molecule has 1 rings (SSSR count). The molecule has 0 spiro atoms. The molecule has 0 N–H and O–H groups in total. The molecule has 1 aromatic heterocycles. The van der Waals surface area contributed by atoms with Gasteiger partial charge in [0.15, 0.2) is 5.75 Å². The van der Waals surface area contributed by atoms with Gasteiger partial charge in [0.2, 0.25) is 0 Å². The van der Waals surface area contributed by atoms with Gasteiger partial charge in [0.25, 0.3) is 0 Å². The summed E-state index contributed by atoms with van der Waals surface area (Å²) in [6.07, 6.45) is 10.4. The van der Waals surface area contributed by atoms with Crippen LogP contribution in [0.4, 0.5) is 0 Å². The molecule has 1 heterocycles. The van der Waals surface area contributed by atoms with Crippen LogP contribution in [0.1, 0.15) is 19.8 Å². The van der Waals surface area contributed by atoms with E-state index in [-0.39, 0.29) is 0 Å². The number of hydrogen-bond donors (Lipinski definition) is 0. The van der Waals surface area contributed by atoms with E-state index in [0.717, 1.165) is 18.7 Å². The first-order valence-corrected chi connectivity index (χ1v) is 4.45. The molecule has 0 aliphatic heterocycles. The van der Waals surface area contributed by atoms with Crippen molar-refractivity contribution in [3.05, 3.63) is 12.4 Å². The van der Waals surface area contributed by atoms with Gasteiger partial charge in [0.1, 0.15) is 0 Å². The molecule has 13 heavy (non-hydrogen) atoms. The molecule has 0 aromatic carbocycles. The lowest BCUT2D eigenvalue weighted by Crippen LogP contribution is -1.96. The maximum absolute atomic E-state index is 5.35. The summed E-state index contributed by atoms with van der Waals surface area (Å²) in [6, 6.07) is 0. The van der Waals surface area contributed by atoms with Crippen LogP contribution in [-0.4, -0.2) is 16.4 Å². The molecule has 0 radical (unpaired) electrons. The average Bonchev–Trinajstić information content (AvgIpc) is 2.54. The highest BCUT2D eigenvalue weighted by Gasteiger charge is 1.97. The molecule has 0 fully saturated rings. The highest BCUT2D eigenvalue weighted by atomic mass is 16.5. The van der Waals surface area contributed by atoms with Crippen molar-refractivity contribution in [1.82, 2.24) is 9.78 Å². The summed E-state index contributed by atoms with van der Waals surface area (Å²) in [4.78, 5) is 0. The van der Waals surface area contributed by atoms with Crippen molar-refractivity contribution in [2.45, 2.75) is 26.3 Å². The van der Waals surface area contributed by atoms with Crippen LogP contribution in [-0.2, 0) is 6.54 Å². The molecule has 0 unspecified atom stereocenters. The number of nitrogens with zero attached hydrogens (tertiary/aromatic N) is 2. The fraction of sp³-hybridized carbons (Fsp3) is 0.500. The van der Waals surface area contributed by atoms with E-state index < -0.39 is 0 Å². The molecular weight excluding hydrogens is 164 g/mol. The second kappa shape index (κ2) is 5.26. The van der Waals surface area contributed by atoms with E-state index in [2.05, 4.69) is 17.9 Å². The van der Waals surface area contributed by atoms with Gasteiger partial charge in [-0.25, -0.2) is 0 Å². The highest BCUT2D eigenvalue weighted by Crippen LogP contribution is 2.08. The van der Waals surface area contributed by atoms with Crippen molar-refractivity contribution < 1.29 is 4.74 Å². The van der Waals surface area contributed by atoms with E-state index in [1.165, 1.54) is 0 Å². The third-order valence-electron chi connectivity index (χ3n) is 1.58. The lowest BCUT2D eigenvalue weighted by Gasteiger charge is -1.98. The van der Waals surface area contributed by atoms with Gasteiger partial charge in [-0.05, 0) is 6.42 Å². The molecule has 3 heteroatoms. The quantitative estimate of drug-likeness (QED) is 0.507. The lowest BCUT2D eigenvalue weighted by atomic mass is 10.5. The van der Waals surface area contributed by atoms with E-state index in [0.29, 0.717) is 13.0 Å². The Hall–Kier alpha value is -1.43. The summed E-state index contributed by atoms with van der Waals surface area (Å²) in [6.45, 7) is 3.60. The number of hydrogen-bond acceptors (Lipinski definition) is 2. The van der Waals surface area contributed by atoms with Crippen molar-refractivity contribution in [2.75, 3.05) is 6.61 Å². The van der Waals surface area contributed by atoms with Crippen LogP contribution in [0, 0.1) is 12.3 Å². The van der Waals surface area contributed by atoms with Crippen LogP contribution in [0.15, 0.2) is 12.4 Å². The second-order valence-corrected chi connectivity index (χ2v) is 2.74. The Morgan fingerprint density at radius 1 is 1.69 bits per heavy atom. The number of aromatic nitrogens is 2. The first-order chi connectivity index (χ1) is 6.36.